The molecule has 0 saturated carbocycles. The van der Waals surface area contributed by atoms with E-state index in [0.29, 0.717) is 10.7 Å². The first-order chi connectivity index (χ1) is 8.15. The van der Waals surface area contributed by atoms with Gasteiger partial charge in [0.05, 0.1) is 10.7 Å². The Bertz CT molecular complexity index is 533. The zero-order valence-corrected chi connectivity index (χ0v) is 10.7. The standard InChI is InChI=1S/C12H15ClN4/c1-3-7-17-8(2)15-16-12(17)9-5-4-6-10(13)11(9)14/h4-6H,3,7,14H2,1-2H3. The van der Waals surface area contributed by atoms with Crippen molar-refractivity contribution >= 4 is 17.3 Å². The molecule has 0 aliphatic rings. The minimum Gasteiger partial charge on any atom is -0.397 e. The first-order valence-corrected chi connectivity index (χ1v) is 5.97. The molecule has 0 saturated heterocycles. The van der Waals surface area contributed by atoms with Gasteiger partial charge in [0.1, 0.15) is 5.82 Å². The van der Waals surface area contributed by atoms with Gasteiger partial charge in [-0.3, -0.25) is 0 Å². The lowest BCUT2D eigenvalue weighted by Crippen LogP contribution is -2.03. The van der Waals surface area contributed by atoms with Crippen LogP contribution in [0.15, 0.2) is 18.2 Å². The summed E-state index contributed by atoms with van der Waals surface area (Å²) in [4.78, 5) is 0. The summed E-state index contributed by atoms with van der Waals surface area (Å²) in [5, 5.41) is 8.82. The zero-order valence-electron chi connectivity index (χ0n) is 9.94. The van der Waals surface area contributed by atoms with Crippen LogP contribution in [0.3, 0.4) is 0 Å². The van der Waals surface area contributed by atoms with Gasteiger partial charge in [-0.1, -0.05) is 24.6 Å². The van der Waals surface area contributed by atoms with Crippen molar-refractivity contribution in [1.82, 2.24) is 14.8 Å². The monoisotopic (exact) mass is 250 g/mol. The maximum absolute atomic E-state index is 6.02. The van der Waals surface area contributed by atoms with E-state index in [1.165, 1.54) is 0 Å². The SMILES string of the molecule is CCCn1c(C)nnc1-c1cccc(Cl)c1N. The summed E-state index contributed by atoms with van der Waals surface area (Å²) >= 11 is 6.02. The predicted octanol–water partition coefficient (Wildman–Crippen LogP) is 2.90. The lowest BCUT2D eigenvalue weighted by Gasteiger charge is -2.09. The van der Waals surface area contributed by atoms with Crippen LogP contribution < -0.4 is 5.73 Å². The van der Waals surface area contributed by atoms with Gasteiger partial charge in [0.2, 0.25) is 0 Å². The van der Waals surface area contributed by atoms with E-state index in [-0.39, 0.29) is 0 Å². The highest BCUT2D eigenvalue weighted by Gasteiger charge is 2.14. The van der Waals surface area contributed by atoms with E-state index in [1.807, 2.05) is 19.1 Å². The van der Waals surface area contributed by atoms with Gasteiger partial charge in [0.15, 0.2) is 5.82 Å². The molecule has 0 aliphatic carbocycles. The number of nitrogens with zero attached hydrogens (tertiary/aromatic N) is 3. The van der Waals surface area contributed by atoms with Crippen LogP contribution in [0.5, 0.6) is 0 Å². The number of para-hydroxylation sites is 1. The van der Waals surface area contributed by atoms with Gasteiger partial charge >= 0.3 is 0 Å². The van der Waals surface area contributed by atoms with Crippen molar-refractivity contribution < 1.29 is 0 Å². The van der Waals surface area contributed by atoms with E-state index in [1.54, 1.807) is 6.07 Å². The number of hydrogen-bond acceptors (Lipinski definition) is 3. The molecular weight excluding hydrogens is 236 g/mol. The van der Waals surface area contributed by atoms with Crippen molar-refractivity contribution in [3.8, 4) is 11.4 Å². The van der Waals surface area contributed by atoms with Gasteiger partial charge < -0.3 is 10.3 Å². The van der Waals surface area contributed by atoms with E-state index in [9.17, 15) is 0 Å². The maximum Gasteiger partial charge on any atom is 0.166 e. The molecule has 0 amide bonds. The Hall–Kier alpha value is -1.55. The number of nitrogen functional groups attached to an aromatic ring is 1. The van der Waals surface area contributed by atoms with Crippen molar-refractivity contribution in [2.75, 3.05) is 5.73 Å². The number of aryl methyl sites for hydroxylation is 1. The quantitative estimate of drug-likeness (QED) is 0.853. The molecule has 4 nitrogen and oxygen atoms in total. The van der Waals surface area contributed by atoms with Crippen molar-refractivity contribution in [3.05, 3.63) is 29.0 Å². The Kier molecular flexibility index (Phi) is 3.33. The van der Waals surface area contributed by atoms with Crippen LogP contribution in [0.25, 0.3) is 11.4 Å². The number of benzene rings is 1. The summed E-state index contributed by atoms with van der Waals surface area (Å²) in [5.41, 5.74) is 7.37. The number of nitrogens with two attached hydrogens (primary N) is 1. The van der Waals surface area contributed by atoms with Crippen LogP contribution in [-0.2, 0) is 6.54 Å². The molecule has 0 aliphatic heterocycles. The first-order valence-electron chi connectivity index (χ1n) is 5.59. The Morgan fingerprint density at radius 2 is 2.12 bits per heavy atom. The number of hydrogen-bond donors (Lipinski definition) is 1. The molecule has 0 fully saturated rings. The fraction of sp³-hybridized carbons (Fsp3) is 0.333. The highest BCUT2D eigenvalue weighted by molar-refractivity contribution is 6.33. The number of aromatic nitrogens is 3. The minimum atomic E-state index is 0.547. The lowest BCUT2D eigenvalue weighted by molar-refractivity contribution is 0.663. The Labute approximate surface area is 105 Å². The zero-order chi connectivity index (χ0) is 12.4. The average molecular weight is 251 g/mol. The van der Waals surface area contributed by atoms with Crippen molar-refractivity contribution in [3.63, 3.8) is 0 Å². The summed E-state index contributed by atoms with van der Waals surface area (Å²) in [6.07, 6.45) is 1.02. The molecule has 5 heteroatoms. The van der Waals surface area contributed by atoms with Crippen LogP contribution >= 0.6 is 11.6 Å². The second-order valence-corrected chi connectivity index (χ2v) is 4.33. The number of halogens is 1. The van der Waals surface area contributed by atoms with Gasteiger partial charge in [-0.2, -0.15) is 0 Å². The summed E-state index contributed by atoms with van der Waals surface area (Å²) in [5.74, 6) is 1.67. The lowest BCUT2D eigenvalue weighted by atomic mass is 10.1. The largest absolute Gasteiger partial charge is 0.397 e. The van der Waals surface area contributed by atoms with Crippen LogP contribution in [0, 0.1) is 6.92 Å². The smallest absolute Gasteiger partial charge is 0.166 e. The molecule has 1 heterocycles. The molecule has 1 aromatic heterocycles. The van der Waals surface area contributed by atoms with Gasteiger partial charge in [-0.25, -0.2) is 0 Å². The molecule has 0 bridgehead atoms. The molecule has 1 aromatic carbocycles. The normalized spacial score (nSPS) is 10.8. The molecule has 0 radical (unpaired) electrons. The second-order valence-electron chi connectivity index (χ2n) is 3.92. The summed E-state index contributed by atoms with van der Waals surface area (Å²) in [6, 6.07) is 5.55. The number of rotatable bonds is 3. The van der Waals surface area contributed by atoms with Crippen LogP contribution in [0.2, 0.25) is 5.02 Å². The minimum absolute atomic E-state index is 0.547. The molecule has 0 spiro atoms. The molecule has 0 atom stereocenters. The third-order valence-corrected chi connectivity index (χ3v) is 3.01. The van der Waals surface area contributed by atoms with E-state index >= 15 is 0 Å². The molecule has 2 N–H and O–H groups in total. The topological polar surface area (TPSA) is 56.7 Å². The fourth-order valence-electron chi connectivity index (χ4n) is 1.80. The molecular formula is C12H15ClN4. The number of anilines is 1. The van der Waals surface area contributed by atoms with Gasteiger partial charge in [-0.05, 0) is 25.5 Å². The second kappa shape index (κ2) is 4.75. The van der Waals surface area contributed by atoms with E-state index in [2.05, 4.69) is 21.7 Å². The highest BCUT2D eigenvalue weighted by Crippen LogP contribution is 2.30. The third-order valence-electron chi connectivity index (χ3n) is 2.68. The summed E-state index contributed by atoms with van der Waals surface area (Å²) < 4.78 is 2.06. The Balaban J connectivity index is 2.56. The molecule has 2 rings (SSSR count). The molecule has 0 unspecified atom stereocenters. The van der Waals surface area contributed by atoms with Gasteiger partial charge in [0, 0.05) is 12.1 Å². The summed E-state index contributed by atoms with van der Waals surface area (Å²) in [7, 11) is 0. The maximum atomic E-state index is 6.02. The van der Waals surface area contributed by atoms with Crippen molar-refractivity contribution in [2.24, 2.45) is 0 Å². The van der Waals surface area contributed by atoms with Crippen LogP contribution in [0.1, 0.15) is 19.2 Å². The molecule has 17 heavy (non-hydrogen) atoms. The highest BCUT2D eigenvalue weighted by atomic mass is 35.5. The van der Waals surface area contributed by atoms with Crippen molar-refractivity contribution in [1.29, 1.82) is 0 Å². The van der Waals surface area contributed by atoms with Gasteiger partial charge in [-0.15, -0.1) is 10.2 Å². The predicted molar refractivity (Wildman–Crippen MR) is 69.9 cm³/mol. The van der Waals surface area contributed by atoms with Crippen LogP contribution in [-0.4, -0.2) is 14.8 Å². The molecule has 2 aromatic rings. The first kappa shape index (κ1) is 11.9. The Morgan fingerprint density at radius 3 is 2.82 bits per heavy atom. The average Bonchev–Trinajstić information content (AvgIpc) is 2.66. The molecule has 90 valence electrons. The van der Waals surface area contributed by atoms with E-state index < -0.39 is 0 Å². The third kappa shape index (κ3) is 2.13. The van der Waals surface area contributed by atoms with Crippen molar-refractivity contribution in [2.45, 2.75) is 26.8 Å². The van der Waals surface area contributed by atoms with E-state index in [0.717, 1.165) is 30.2 Å². The van der Waals surface area contributed by atoms with Gasteiger partial charge in [0.25, 0.3) is 0 Å². The van der Waals surface area contributed by atoms with Crippen LogP contribution in [0.4, 0.5) is 5.69 Å². The van der Waals surface area contributed by atoms with E-state index in [4.69, 9.17) is 17.3 Å². The summed E-state index contributed by atoms with van der Waals surface area (Å²) in [6.45, 7) is 4.93. The fourth-order valence-corrected chi connectivity index (χ4v) is 1.98. The Morgan fingerprint density at radius 1 is 1.35 bits per heavy atom.